The Bertz CT molecular complexity index is 1040. The van der Waals surface area contributed by atoms with Gasteiger partial charge in [0.25, 0.3) is 11.5 Å². The molecule has 0 aliphatic carbocycles. The van der Waals surface area contributed by atoms with E-state index in [9.17, 15) is 9.59 Å². The molecule has 0 radical (unpaired) electrons. The predicted octanol–water partition coefficient (Wildman–Crippen LogP) is 2.41. The van der Waals surface area contributed by atoms with Crippen molar-refractivity contribution >= 4 is 22.8 Å². The van der Waals surface area contributed by atoms with Crippen LogP contribution in [-0.2, 0) is 0 Å². The van der Waals surface area contributed by atoms with Crippen molar-refractivity contribution in [3.8, 4) is 0 Å². The molecule has 1 aliphatic rings. The molecule has 1 saturated heterocycles. The number of benzene rings is 1. The minimum absolute atomic E-state index is 0.216. The number of anilines is 1. The van der Waals surface area contributed by atoms with E-state index >= 15 is 0 Å². The summed E-state index contributed by atoms with van der Waals surface area (Å²) in [4.78, 5) is 38.4. The van der Waals surface area contributed by atoms with Gasteiger partial charge in [-0.25, -0.2) is 9.97 Å². The molecule has 0 saturated carbocycles. The maximum absolute atomic E-state index is 12.6. The predicted molar refractivity (Wildman–Crippen MR) is 104 cm³/mol. The van der Waals surface area contributed by atoms with E-state index in [0.29, 0.717) is 17.3 Å². The van der Waals surface area contributed by atoms with Gasteiger partial charge in [0.05, 0.1) is 17.3 Å². The average Bonchev–Trinajstić information content (AvgIpc) is 3.22. The quantitative estimate of drug-likeness (QED) is 0.743. The molecule has 0 unspecified atom stereocenters. The van der Waals surface area contributed by atoms with E-state index < -0.39 is 6.04 Å². The molecule has 138 valence electrons. The first-order chi connectivity index (χ1) is 13.1. The number of hydrogen-bond donors (Lipinski definition) is 2. The fourth-order valence-electron chi connectivity index (χ4n) is 3.30. The number of para-hydroxylation sites is 1. The smallest absolute Gasteiger partial charge is 0.270 e. The molecule has 1 atom stereocenters. The first-order valence-electron chi connectivity index (χ1n) is 9.13. The van der Waals surface area contributed by atoms with E-state index in [1.165, 1.54) is 6.07 Å². The highest BCUT2D eigenvalue weighted by Crippen LogP contribution is 2.17. The van der Waals surface area contributed by atoms with E-state index in [2.05, 4.69) is 25.2 Å². The highest BCUT2D eigenvalue weighted by Gasteiger charge is 2.19. The molecular weight excluding hydrogens is 342 g/mol. The average molecular weight is 363 g/mol. The van der Waals surface area contributed by atoms with Gasteiger partial charge in [0.1, 0.15) is 5.69 Å². The van der Waals surface area contributed by atoms with Gasteiger partial charge in [-0.15, -0.1) is 0 Å². The molecule has 0 spiro atoms. The number of rotatable bonds is 4. The zero-order valence-corrected chi connectivity index (χ0v) is 15.1. The first-order valence-corrected chi connectivity index (χ1v) is 9.13. The highest BCUT2D eigenvalue weighted by molar-refractivity contribution is 5.95. The maximum atomic E-state index is 12.6. The maximum Gasteiger partial charge on any atom is 0.270 e. The van der Waals surface area contributed by atoms with E-state index in [0.717, 1.165) is 36.8 Å². The van der Waals surface area contributed by atoms with E-state index in [-0.39, 0.29) is 11.5 Å². The van der Waals surface area contributed by atoms with Crippen molar-refractivity contribution in [3.05, 3.63) is 64.2 Å². The third-order valence-electron chi connectivity index (χ3n) is 4.78. The van der Waals surface area contributed by atoms with Crippen molar-refractivity contribution in [1.29, 1.82) is 0 Å². The van der Waals surface area contributed by atoms with Crippen molar-refractivity contribution in [2.24, 2.45) is 0 Å². The van der Waals surface area contributed by atoms with Gasteiger partial charge in [-0.1, -0.05) is 24.3 Å². The lowest BCUT2D eigenvalue weighted by atomic mass is 10.2. The van der Waals surface area contributed by atoms with Gasteiger partial charge >= 0.3 is 0 Å². The fourth-order valence-corrected chi connectivity index (χ4v) is 3.30. The summed E-state index contributed by atoms with van der Waals surface area (Å²) in [6.07, 6.45) is 2.18. The minimum atomic E-state index is -0.408. The van der Waals surface area contributed by atoms with Crippen LogP contribution < -0.4 is 15.8 Å². The molecule has 3 heterocycles. The van der Waals surface area contributed by atoms with Crippen LogP contribution in [0.4, 0.5) is 5.95 Å². The Morgan fingerprint density at radius 3 is 2.74 bits per heavy atom. The standard InChI is InChI=1S/C20H21N5O2/c1-13(17-12-18(26)24-20(23-17)25-10-4-5-11-25)21-19(27)16-9-8-14-6-2-3-7-15(14)22-16/h2-3,6-9,12-13H,4-5,10-11H2,1H3,(H,21,27)(H,23,24,26)/t13-/m0/s1. The van der Waals surface area contributed by atoms with Gasteiger partial charge in [-0.05, 0) is 31.9 Å². The van der Waals surface area contributed by atoms with Crippen LogP contribution in [0.15, 0.2) is 47.3 Å². The number of carbonyl (C=O) groups excluding carboxylic acids is 1. The minimum Gasteiger partial charge on any atom is -0.343 e. The number of aromatic amines is 1. The van der Waals surface area contributed by atoms with Crippen molar-refractivity contribution in [1.82, 2.24) is 20.3 Å². The second-order valence-corrected chi connectivity index (χ2v) is 6.77. The zero-order chi connectivity index (χ0) is 18.8. The lowest BCUT2D eigenvalue weighted by Gasteiger charge is -2.18. The van der Waals surface area contributed by atoms with Gasteiger partial charge < -0.3 is 10.2 Å². The SMILES string of the molecule is C[C@H](NC(=O)c1ccc2ccccc2n1)c1cc(=O)[nH]c(N2CCCC2)n1. The van der Waals surface area contributed by atoms with E-state index in [1.807, 2.05) is 37.3 Å². The monoisotopic (exact) mass is 363 g/mol. The molecule has 1 amide bonds. The number of carbonyl (C=O) groups is 1. The molecule has 27 heavy (non-hydrogen) atoms. The Morgan fingerprint density at radius 1 is 1.15 bits per heavy atom. The number of pyridine rings is 1. The first kappa shape index (κ1) is 17.2. The van der Waals surface area contributed by atoms with Crippen LogP contribution in [0, 0.1) is 0 Å². The number of aromatic nitrogens is 3. The number of nitrogens with one attached hydrogen (secondary N) is 2. The van der Waals surface area contributed by atoms with Crippen LogP contribution in [0.25, 0.3) is 10.9 Å². The van der Waals surface area contributed by atoms with Crippen LogP contribution in [-0.4, -0.2) is 33.9 Å². The zero-order valence-electron chi connectivity index (χ0n) is 15.1. The van der Waals surface area contributed by atoms with Crippen LogP contribution in [0.5, 0.6) is 0 Å². The molecule has 3 aromatic rings. The van der Waals surface area contributed by atoms with Crippen molar-refractivity contribution in [2.75, 3.05) is 18.0 Å². The molecule has 0 bridgehead atoms. The molecule has 1 aromatic carbocycles. The second kappa shape index (κ2) is 7.19. The molecule has 4 rings (SSSR count). The molecule has 2 aromatic heterocycles. The van der Waals surface area contributed by atoms with Gasteiger partial charge in [0, 0.05) is 24.5 Å². The van der Waals surface area contributed by atoms with E-state index in [1.54, 1.807) is 6.07 Å². The Morgan fingerprint density at radius 2 is 1.93 bits per heavy atom. The second-order valence-electron chi connectivity index (χ2n) is 6.77. The molecule has 2 N–H and O–H groups in total. The Hall–Kier alpha value is -3.22. The van der Waals surface area contributed by atoms with Crippen molar-refractivity contribution in [2.45, 2.75) is 25.8 Å². The third-order valence-corrected chi connectivity index (χ3v) is 4.78. The summed E-state index contributed by atoms with van der Waals surface area (Å²) in [6.45, 7) is 3.58. The summed E-state index contributed by atoms with van der Waals surface area (Å²) < 4.78 is 0. The summed E-state index contributed by atoms with van der Waals surface area (Å²) in [7, 11) is 0. The number of hydrogen-bond acceptors (Lipinski definition) is 5. The molecule has 1 aliphatic heterocycles. The Labute approximate surface area is 156 Å². The molecular formula is C20H21N5O2. The normalized spacial score (nSPS) is 15.1. The Balaban J connectivity index is 1.54. The van der Waals surface area contributed by atoms with Gasteiger partial charge in [0.2, 0.25) is 5.95 Å². The number of H-pyrrole nitrogens is 1. The molecule has 7 heteroatoms. The van der Waals surface area contributed by atoms with Crippen LogP contribution in [0.2, 0.25) is 0 Å². The number of amides is 1. The highest BCUT2D eigenvalue weighted by atomic mass is 16.2. The molecule has 7 nitrogen and oxygen atoms in total. The van der Waals surface area contributed by atoms with Crippen LogP contribution >= 0.6 is 0 Å². The molecule has 1 fully saturated rings. The largest absolute Gasteiger partial charge is 0.343 e. The fraction of sp³-hybridized carbons (Fsp3) is 0.300. The van der Waals surface area contributed by atoms with Gasteiger partial charge in [-0.3, -0.25) is 14.6 Å². The van der Waals surface area contributed by atoms with Crippen LogP contribution in [0.3, 0.4) is 0 Å². The summed E-state index contributed by atoms with van der Waals surface area (Å²) in [6, 6.07) is 12.2. The summed E-state index contributed by atoms with van der Waals surface area (Å²) in [5.74, 6) is 0.276. The van der Waals surface area contributed by atoms with Gasteiger partial charge in [0.15, 0.2) is 0 Å². The summed E-state index contributed by atoms with van der Waals surface area (Å²) in [5, 5.41) is 3.87. The lowest BCUT2D eigenvalue weighted by molar-refractivity contribution is 0.0934. The van der Waals surface area contributed by atoms with Gasteiger partial charge in [-0.2, -0.15) is 0 Å². The van der Waals surface area contributed by atoms with E-state index in [4.69, 9.17) is 0 Å². The topological polar surface area (TPSA) is 91.0 Å². The summed E-state index contributed by atoms with van der Waals surface area (Å²) >= 11 is 0. The van der Waals surface area contributed by atoms with Crippen LogP contribution in [0.1, 0.15) is 42.0 Å². The number of nitrogens with zero attached hydrogens (tertiary/aromatic N) is 3. The Kier molecular flexibility index (Phi) is 4.58. The van der Waals surface area contributed by atoms with Crippen molar-refractivity contribution in [3.63, 3.8) is 0 Å². The lowest BCUT2D eigenvalue weighted by Crippen LogP contribution is -2.30. The third kappa shape index (κ3) is 3.67. The summed E-state index contributed by atoms with van der Waals surface area (Å²) in [5.41, 5.74) is 1.43. The number of fused-ring (bicyclic) bond motifs is 1. The van der Waals surface area contributed by atoms with Crippen molar-refractivity contribution < 1.29 is 4.79 Å².